The molecule has 12 rings (SSSR count). The first-order chi connectivity index (χ1) is 64.4. The average Bonchev–Trinajstić information content (AvgIpc) is 0.816. The number of hydrogen-bond donors (Lipinski definition) is 2. The van der Waals surface area contributed by atoms with E-state index in [4.69, 9.17) is 81.0 Å². The molecule has 764 valence electrons. The molecule has 4 aromatic heterocycles. The molecule has 4 heterocycles. The van der Waals surface area contributed by atoms with E-state index in [1.54, 1.807) is 48.5 Å². The molecule has 0 aliphatic carbocycles. The van der Waals surface area contributed by atoms with Gasteiger partial charge in [-0.15, -0.1) is 0 Å². The molecule has 12 aromatic rings. The van der Waals surface area contributed by atoms with Gasteiger partial charge in [-0.2, -0.15) is 52.7 Å². The second-order valence-corrected chi connectivity index (χ2v) is 42.3. The number of pyridine rings is 4. The van der Waals surface area contributed by atoms with Crippen molar-refractivity contribution in [2.45, 2.75) is 47.7 Å². The number of nitrogens with zero attached hydrogens (tertiary/aromatic N) is 4. The summed E-state index contributed by atoms with van der Waals surface area (Å²) in [7, 11) is -25.3. The zero-order chi connectivity index (χ0) is 101. The van der Waals surface area contributed by atoms with Gasteiger partial charge in [0.15, 0.2) is 40.5 Å². The molecular formula is C90H96F12N4O24P4Pd2S4+4. The van der Waals surface area contributed by atoms with E-state index in [2.05, 4.69) is 263 Å². The second kappa shape index (κ2) is 69.7. The van der Waals surface area contributed by atoms with Crippen LogP contribution < -0.4 is 42.4 Å². The number of halogens is 12. The second-order valence-electron chi connectivity index (χ2n) is 26.3. The summed E-state index contributed by atoms with van der Waals surface area (Å²) in [5.74, 6) is -1.67. The van der Waals surface area contributed by atoms with E-state index in [0.29, 0.717) is 35.1 Å². The summed E-state index contributed by atoms with van der Waals surface area (Å²) >= 11 is 0. The molecule has 8 aromatic carbocycles. The van der Waals surface area contributed by atoms with Gasteiger partial charge in [0.05, 0.1) is 147 Å². The van der Waals surface area contributed by atoms with Crippen LogP contribution in [0.3, 0.4) is 0 Å². The molecule has 0 saturated heterocycles. The number of ether oxygens (including phenoxy) is 4. The van der Waals surface area contributed by atoms with Crippen molar-refractivity contribution in [2.75, 3.05) is 65.3 Å². The molecule has 50 heteroatoms. The molecule has 0 bridgehead atoms. The Bertz CT molecular complexity index is 4990. The van der Waals surface area contributed by atoms with E-state index in [0.717, 1.165) is 14.2 Å². The minimum atomic E-state index is -6.09. The van der Waals surface area contributed by atoms with E-state index >= 15 is 0 Å². The van der Waals surface area contributed by atoms with E-state index < -0.39 is 118 Å². The van der Waals surface area contributed by atoms with Crippen LogP contribution in [0.5, 0.6) is 0 Å². The predicted octanol–water partition coefficient (Wildman–Crippen LogP) is 11.7. The zero-order valence-corrected chi connectivity index (χ0v) is 83.8. The van der Waals surface area contributed by atoms with Gasteiger partial charge in [0.1, 0.15) is 0 Å². The number of carbonyl (C=O) groups excluding carboxylic acids is 4. The molecular weight excluding hydrogens is 2210 g/mol. The molecule has 0 atom stereocenters. The Morgan fingerprint density at radius 1 is 0.250 bits per heavy atom. The van der Waals surface area contributed by atoms with Crippen LogP contribution in [0.1, 0.15) is 67.1 Å². The molecule has 0 aliphatic heterocycles. The molecule has 140 heavy (non-hydrogen) atoms. The summed E-state index contributed by atoms with van der Waals surface area (Å²) in [6.45, 7) is 0.741. The van der Waals surface area contributed by atoms with Crippen molar-refractivity contribution < 1.29 is 205 Å². The van der Waals surface area contributed by atoms with E-state index in [1.807, 2.05) is 0 Å². The number of benzene rings is 8. The number of esters is 4. The first-order valence-electron chi connectivity index (χ1n) is 39.5. The number of aliphatic hydroxyl groups excluding tert-OH is 2. The van der Waals surface area contributed by atoms with Gasteiger partial charge in [0.25, 0.3) is 0 Å². The maximum atomic E-state index is 11.6. The van der Waals surface area contributed by atoms with Crippen LogP contribution in [0.25, 0.3) is 0 Å². The third-order valence-electron chi connectivity index (χ3n) is 17.0. The molecule has 6 N–H and O–H groups in total. The predicted molar refractivity (Wildman–Crippen MR) is 504 cm³/mol. The maximum Gasteiger partial charge on any atom is 2.00 e. The van der Waals surface area contributed by atoms with Gasteiger partial charge in [-0.05, 0) is 146 Å². The molecule has 0 saturated carbocycles. The van der Waals surface area contributed by atoms with Crippen LogP contribution in [0.15, 0.2) is 341 Å². The Balaban J connectivity index is 0. The third-order valence-corrected chi connectivity index (χ3v) is 30.9. The quantitative estimate of drug-likeness (QED) is 0.00672. The van der Waals surface area contributed by atoms with Crippen LogP contribution in [0.2, 0.25) is 0 Å². The standard InChI is InChI=1S/2C27H26P2.2C15H14N2O4.4CHF3O3S.2CH4O.2H2O.2Pd/c2*1-5-14-24(15-6-1)28(25-16-7-2-8-17-25)22-13-23-29(26-18-9-3-10-19-26)27-20-11-4-12-21-27;2*18-14(12-2-6-16-7-3-12)20-10-1-11-21-15(19)13-4-8-17-9-5-13;4*2-1(3,4)8(5,6)7;2*1-2;;;;/h2*1-12,14-21H,13,22-23H2;2*2-9H,1,10-11H2;4*(H,5,6,7);2*2H,1H3;2*1H2;;/q;;;;;;;;;;;;2*+2. The number of hydrogen-bond acceptors (Lipinski definition) is 26. The van der Waals surface area contributed by atoms with Crippen molar-refractivity contribution in [1.82, 2.24) is 19.9 Å². The van der Waals surface area contributed by atoms with Gasteiger partial charge >= 0.3 is 86.8 Å². The van der Waals surface area contributed by atoms with Crippen LogP contribution in [-0.2, 0) is 100 Å². The van der Waals surface area contributed by atoms with Crippen molar-refractivity contribution in [3.05, 3.63) is 363 Å². The minimum Gasteiger partial charge on any atom is -0.741 e. The van der Waals surface area contributed by atoms with Gasteiger partial charge < -0.3 is 58.3 Å². The fraction of sp³-hybridized carbons (Fsp3) is 0.200. The van der Waals surface area contributed by atoms with Gasteiger partial charge in [-0.25, -0.2) is 52.8 Å². The summed E-state index contributed by atoms with van der Waals surface area (Å²) in [4.78, 5) is 61.7. The Kier molecular flexibility index (Phi) is 65.7. The summed E-state index contributed by atoms with van der Waals surface area (Å²) in [5, 5.41) is 26.2. The maximum absolute atomic E-state index is 11.6. The van der Waals surface area contributed by atoms with Crippen molar-refractivity contribution in [3.63, 3.8) is 0 Å². The van der Waals surface area contributed by atoms with Gasteiger partial charge in [0.2, 0.25) is 0 Å². The molecule has 28 nitrogen and oxygen atoms in total. The fourth-order valence-electron chi connectivity index (χ4n) is 10.9. The Morgan fingerprint density at radius 2 is 0.364 bits per heavy atom. The van der Waals surface area contributed by atoms with Gasteiger partial charge in [0, 0.05) is 89.5 Å². The average molecular weight is 2310 g/mol. The first kappa shape index (κ1) is 132. The minimum absolute atomic E-state index is 0. The zero-order valence-electron chi connectivity index (χ0n) is 73.5. The van der Waals surface area contributed by atoms with Crippen molar-refractivity contribution in [3.8, 4) is 0 Å². The molecule has 0 fully saturated rings. The topological polar surface area (TPSA) is 489 Å². The number of alkyl halides is 12. The van der Waals surface area contributed by atoms with E-state index in [1.165, 1.54) is 130 Å². The van der Waals surface area contributed by atoms with E-state index in [9.17, 15) is 71.9 Å². The largest absolute Gasteiger partial charge is 2.00 e. The SMILES string of the molecule is CO.CO.O.O.O=C(OCCCOC(=O)c1ccncc1)c1ccncc1.O=C(OCCCOC(=O)c1ccncc1)c1ccncc1.O=S(=O)([O-])C(F)(F)F.O=S(=O)([O-])C(F)(F)F.O=S(=O)([O-])C(F)(F)F.O=S(=O)([O-])C(F)(F)F.[Pd+2].[Pd+2].c1ccc([PH+](CCC[PH+](c2ccccc2)c2ccccc2)c2ccccc2)cc1.c1ccc([PH+](CCC[PH+](c2ccccc2)c2ccccc2)c2ccccc2)cc1. The third kappa shape index (κ3) is 52.6. The van der Waals surface area contributed by atoms with Crippen molar-refractivity contribution in [1.29, 1.82) is 0 Å². The van der Waals surface area contributed by atoms with E-state index in [-0.39, 0.29) is 78.2 Å². The van der Waals surface area contributed by atoms with Gasteiger partial charge in [-0.3, -0.25) is 19.9 Å². The van der Waals surface area contributed by atoms with Crippen LogP contribution >= 0.6 is 31.7 Å². The summed E-state index contributed by atoms with van der Waals surface area (Å²) < 4.78 is 256. The summed E-state index contributed by atoms with van der Waals surface area (Å²) in [6, 6.07) is 102. The van der Waals surface area contributed by atoms with Crippen molar-refractivity contribution in [2.24, 2.45) is 0 Å². The Labute approximate surface area is 833 Å². The summed E-state index contributed by atoms with van der Waals surface area (Å²) in [5.41, 5.74) is -20.8. The molecule has 0 spiro atoms. The number of rotatable bonds is 28. The number of aliphatic hydroxyl groups is 2. The Morgan fingerprint density at radius 3 is 0.471 bits per heavy atom. The molecule has 0 aliphatic rings. The fourth-order valence-corrected chi connectivity index (χ4v) is 22.1. The normalized spacial score (nSPS) is 10.9. The first-order valence-corrected chi connectivity index (χ1v) is 52.0. The summed E-state index contributed by atoms with van der Waals surface area (Å²) in [6.07, 6.45) is 20.7. The Hall–Kier alpha value is -10.1. The van der Waals surface area contributed by atoms with Crippen LogP contribution in [0, 0.1) is 0 Å². The molecule has 0 amide bonds. The van der Waals surface area contributed by atoms with Crippen LogP contribution in [0.4, 0.5) is 52.7 Å². The molecule has 0 radical (unpaired) electrons. The van der Waals surface area contributed by atoms with Gasteiger partial charge in [-0.1, -0.05) is 146 Å². The van der Waals surface area contributed by atoms with Crippen molar-refractivity contribution >= 4 is 138 Å². The number of aromatic nitrogens is 4. The number of carbonyl (C=O) groups is 4. The smallest absolute Gasteiger partial charge is 0.741 e. The monoisotopic (exact) mass is 2310 g/mol. The molecule has 0 unspecified atom stereocenters. The van der Waals surface area contributed by atoms with Crippen LogP contribution in [-0.4, -0.2) is 204 Å².